The van der Waals surface area contributed by atoms with Crippen LogP contribution in [0.5, 0.6) is 5.75 Å². The molecule has 7 N–H and O–H groups in total. The second-order valence-corrected chi connectivity index (χ2v) is 7.68. The molecule has 2 aliphatic rings. The topological polar surface area (TPSA) is 185 Å². The number of aromatic nitrogens is 3. The molecule has 0 bridgehead atoms. The van der Waals surface area contributed by atoms with E-state index < -0.39 is 5.91 Å². The number of guanidine groups is 1. The first-order valence-corrected chi connectivity index (χ1v) is 9.83. The minimum absolute atomic E-state index is 0.0321. The van der Waals surface area contributed by atoms with Gasteiger partial charge in [-0.15, -0.1) is 0 Å². The van der Waals surface area contributed by atoms with Crippen LogP contribution in [0.2, 0.25) is 5.15 Å². The lowest BCUT2D eigenvalue weighted by molar-refractivity contribution is 0.0660. The second-order valence-electron chi connectivity index (χ2n) is 7.32. The van der Waals surface area contributed by atoms with Gasteiger partial charge in [-0.1, -0.05) is 11.6 Å². The molecule has 4 heterocycles. The second kappa shape index (κ2) is 7.87. The van der Waals surface area contributed by atoms with Crippen LogP contribution in [0.4, 0.5) is 11.6 Å². The molecule has 4 rings (SSSR count). The van der Waals surface area contributed by atoms with E-state index in [1.807, 2.05) is 0 Å². The van der Waals surface area contributed by atoms with Gasteiger partial charge in [-0.2, -0.15) is 4.99 Å². The smallest absolute Gasteiger partial charge is 0.302 e. The molecule has 2 amide bonds. The maximum atomic E-state index is 12.6. The largest absolute Gasteiger partial charge is 0.505 e. The fourth-order valence-corrected chi connectivity index (χ4v) is 3.69. The number of hydrogen-bond acceptors (Lipinski definition) is 8. The van der Waals surface area contributed by atoms with Crippen molar-refractivity contribution in [3.63, 3.8) is 0 Å². The Kier molecular flexibility index (Phi) is 5.23. The third-order valence-electron chi connectivity index (χ3n) is 5.30. The highest BCUT2D eigenvalue weighted by Crippen LogP contribution is 2.26. The zero-order chi connectivity index (χ0) is 22.2. The van der Waals surface area contributed by atoms with Crippen LogP contribution < -0.4 is 22.1 Å². The van der Waals surface area contributed by atoms with Gasteiger partial charge in [0, 0.05) is 25.8 Å². The van der Waals surface area contributed by atoms with Crippen LogP contribution in [0.15, 0.2) is 23.3 Å². The van der Waals surface area contributed by atoms with E-state index in [1.54, 1.807) is 11.0 Å². The van der Waals surface area contributed by atoms with Gasteiger partial charge in [-0.05, 0) is 25.0 Å². The minimum atomic E-state index is -0.711. The maximum Gasteiger partial charge on any atom is 0.302 e. The fraction of sp³-hybridized carbons (Fsp3) is 0.333. The number of rotatable bonds is 2. The van der Waals surface area contributed by atoms with Crippen LogP contribution in [0.25, 0.3) is 0 Å². The van der Waals surface area contributed by atoms with Crippen molar-refractivity contribution in [3.05, 3.63) is 34.9 Å². The van der Waals surface area contributed by atoms with E-state index in [-0.39, 0.29) is 51.3 Å². The number of aromatic hydroxyl groups is 1. The van der Waals surface area contributed by atoms with Gasteiger partial charge >= 0.3 is 5.91 Å². The highest BCUT2D eigenvalue weighted by Gasteiger charge is 2.41. The van der Waals surface area contributed by atoms with Crippen molar-refractivity contribution in [1.29, 1.82) is 0 Å². The lowest BCUT2D eigenvalue weighted by atomic mass is 9.88. The summed E-state index contributed by atoms with van der Waals surface area (Å²) in [5, 5.41) is 16.0. The zero-order valence-corrected chi connectivity index (χ0v) is 17.1. The van der Waals surface area contributed by atoms with Gasteiger partial charge in [0.15, 0.2) is 34.1 Å². The van der Waals surface area contributed by atoms with Crippen LogP contribution in [0.3, 0.4) is 0 Å². The van der Waals surface area contributed by atoms with Gasteiger partial charge in [0.25, 0.3) is 5.91 Å². The summed E-state index contributed by atoms with van der Waals surface area (Å²) in [5.41, 5.74) is 10.7. The van der Waals surface area contributed by atoms with Crippen LogP contribution in [0, 0.1) is 0 Å². The summed E-state index contributed by atoms with van der Waals surface area (Å²) in [5.74, 6) is -1.13. The van der Waals surface area contributed by atoms with Gasteiger partial charge in [-0.3, -0.25) is 9.59 Å². The number of nitrogens with one attached hydrogen (secondary N) is 2. The Morgan fingerprint density at radius 1 is 1.19 bits per heavy atom. The number of anilines is 2. The molecule has 0 unspecified atom stereocenters. The van der Waals surface area contributed by atoms with E-state index in [1.165, 1.54) is 12.3 Å². The molecule has 0 aliphatic carbocycles. The Hall–Kier alpha value is -3.67. The number of piperidine rings is 1. The van der Waals surface area contributed by atoms with Gasteiger partial charge in [-0.25, -0.2) is 15.0 Å². The number of aliphatic imine (C=N–C) groups is 1. The summed E-state index contributed by atoms with van der Waals surface area (Å²) in [6.45, 7) is 1.44. The molecule has 13 heteroatoms. The zero-order valence-electron chi connectivity index (χ0n) is 16.3. The summed E-state index contributed by atoms with van der Waals surface area (Å²) in [7, 11) is 0. The number of halogens is 1. The molecule has 2 aromatic rings. The van der Waals surface area contributed by atoms with Crippen molar-refractivity contribution in [2.24, 2.45) is 4.99 Å². The number of nitrogens with zero attached hydrogens (tertiary/aromatic N) is 5. The highest BCUT2D eigenvalue weighted by atomic mass is 35.5. The van der Waals surface area contributed by atoms with Crippen LogP contribution in [-0.4, -0.2) is 67.9 Å². The van der Waals surface area contributed by atoms with Crippen molar-refractivity contribution in [2.45, 2.75) is 18.4 Å². The summed E-state index contributed by atoms with van der Waals surface area (Å²) < 4.78 is 0. The highest BCUT2D eigenvalue weighted by molar-refractivity contribution is 6.31. The predicted octanol–water partition coefficient (Wildman–Crippen LogP) is -0.241. The fourth-order valence-electron chi connectivity index (χ4n) is 3.56. The van der Waals surface area contributed by atoms with E-state index in [9.17, 15) is 14.7 Å². The van der Waals surface area contributed by atoms with E-state index in [4.69, 9.17) is 23.1 Å². The first-order valence-electron chi connectivity index (χ1n) is 9.45. The number of amides is 2. The van der Waals surface area contributed by atoms with E-state index in [2.05, 4.69) is 30.6 Å². The van der Waals surface area contributed by atoms with Gasteiger partial charge in [0.2, 0.25) is 0 Å². The number of nitrogens with two attached hydrogens (primary N) is 2. The Morgan fingerprint density at radius 3 is 2.65 bits per heavy atom. The van der Waals surface area contributed by atoms with Gasteiger partial charge in [0.05, 0.1) is 5.54 Å². The number of carbonyl (C=O) groups excluding carboxylic acids is 2. The molecule has 2 aromatic heterocycles. The molecule has 31 heavy (non-hydrogen) atoms. The Labute approximate surface area is 181 Å². The average molecular weight is 446 g/mol. The molecule has 1 spiro atoms. The minimum Gasteiger partial charge on any atom is -0.505 e. The molecule has 2 saturated heterocycles. The number of carbonyl (C=O) groups is 2. The quantitative estimate of drug-likeness (QED) is 0.413. The van der Waals surface area contributed by atoms with Crippen molar-refractivity contribution >= 4 is 41.0 Å². The van der Waals surface area contributed by atoms with Gasteiger partial charge < -0.3 is 32.1 Å². The number of likely N-dealkylation sites (tertiary alicyclic amines) is 1. The molecule has 2 aliphatic heterocycles. The monoisotopic (exact) mass is 445 g/mol. The first-order chi connectivity index (χ1) is 14.8. The molecule has 12 nitrogen and oxygen atoms in total. The van der Waals surface area contributed by atoms with Crippen molar-refractivity contribution < 1.29 is 14.7 Å². The molecule has 162 valence electrons. The summed E-state index contributed by atoms with van der Waals surface area (Å²) in [6.07, 6.45) is 2.69. The number of hydrogen-bond donors (Lipinski definition) is 5. The van der Waals surface area contributed by atoms with Crippen LogP contribution in [-0.2, 0) is 0 Å². The number of nitrogen functional groups attached to an aromatic ring is 2. The summed E-state index contributed by atoms with van der Waals surface area (Å²) in [4.78, 5) is 42.3. The van der Waals surface area contributed by atoms with Crippen molar-refractivity contribution in [2.75, 3.05) is 31.1 Å². The lowest BCUT2D eigenvalue weighted by Crippen LogP contribution is -2.53. The molecule has 0 aromatic carbocycles. The molecule has 0 atom stereocenters. The number of pyridine rings is 1. The molecular formula is C18H20ClN9O3. The normalized spacial score (nSPS) is 18.6. The van der Waals surface area contributed by atoms with Gasteiger partial charge in [0.1, 0.15) is 5.75 Å². The maximum absolute atomic E-state index is 12.6. The molecule has 0 radical (unpaired) electrons. The summed E-state index contributed by atoms with van der Waals surface area (Å²) in [6, 6.07) is 2.99. The molecule has 2 fully saturated rings. The standard InChI is InChI=1S/C18H20ClN9O3/c19-12-14(21)25-13(20)11(24-12)15(30)26-17-23-8-18(27-17)3-6-28(7-4-18)16(31)10-9(29)2-1-5-22-10/h1-2,5,29H,3-4,6-8H2,(H4,20,21,25)(H2,23,26,27,30). The SMILES string of the molecule is Nc1nc(N)c(C(=O)/N=C2\NCC3(CCN(C(=O)c4ncccc4O)CC3)N2)nc1Cl. The first kappa shape index (κ1) is 20.6. The third kappa shape index (κ3) is 4.01. The Balaban J connectivity index is 1.41. The van der Waals surface area contributed by atoms with Crippen LogP contribution in [0.1, 0.15) is 33.8 Å². The van der Waals surface area contributed by atoms with E-state index >= 15 is 0 Å². The predicted molar refractivity (Wildman–Crippen MR) is 113 cm³/mol. The Morgan fingerprint density at radius 2 is 1.94 bits per heavy atom. The lowest BCUT2D eigenvalue weighted by Gasteiger charge is -2.38. The van der Waals surface area contributed by atoms with E-state index in [0.29, 0.717) is 32.5 Å². The van der Waals surface area contributed by atoms with Crippen molar-refractivity contribution in [3.8, 4) is 5.75 Å². The van der Waals surface area contributed by atoms with Crippen molar-refractivity contribution in [1.82, 2.24) is 30.5 Å². The molecular weight excluding hydrogens is 426 g/mol. The average Bonchev–Trinajstić information content (AvgIpc) is 3.13. The van der Waals surface area contributed by atoms with E-state index in [0.717, 1.165) is 0 Å². The third-order valence-corrected chi connectivity index (χ3v) is 5.57. The van der Waals surface area contributed by atoms with Crippen LogP contribution >= 0.6 is 11.6 Å². The summed E-state index contributed by atoms with van der Waals surface area (Å²) >= 11 is 5.82. The molecule has 0 saturated carbocycles. The Bertz CT molecular complexity index is 1080.